The Balaban J connectivity index is 2.20. The van der Waals surface area contributed by atoms with Crippen molar-refractivity contribution in [2.75, 3.05) is 11.4 Å². The number of halogens is 1. The highest BCUT2D eigenvalue weighted by atomic mass is 79.9. The van der Waals surface area contributed by atoms with Gasteiger partial charge in [0, 0.05) is 16.6 Å². The van der Waals surface area contributed by atoms with Gasteiger partial charge in [0.05, 0.1) is 0 Å². The van der Waals surface area contributed by atoms with E-state index in [1.165, 1.54) is 4.90 Å². The highest BCUT2D eigenvalue weighted by Gasteiger charge is 2.28. The van der Waals surface area contributed by atoms with E-state index in [1.54, 1.807) is 0 Å². The average molecular weight is 340 g/mol. The summed E-state index contributed by atoms with van der Waals surface area (Å²) >= 11 is 3.42. The third-order valence-corrected chi connectivity index (χ3v) is 3.44. The molecule has 0 saturated carbocycles. The van der Waals surface area contributed by atoms with Crippen LogP contribution in [0.4, 0.5) is 5.69 Å². The predicted molar refractivity (Wildman–Crippen MR) is 80.7 cm³/mol. The summed E-state index contributed by atoms with van der Waals surface area (Å²) in [6.07, 6.45) is 1.13. The average Bonchev–Trinajstić information content (AvgIpc) is 2.30. The minimum Gasteiger partial charge on any atom is -0.459 e. The van der Waals surface area contributed by atoms with E-state index in [-0.39, 0.29) is 18.4 Å². The highest BCUT2D eigenvalue weighted by Crippen LogP contribution is 2.30. The van der Waals surface area contributed by atoms with Crippen LogP contribution in [0, 0.1) is 0 Å². The lowest BCUT2D eigenvalue weighted by atomic mass is 10.0. The molecule has 0 N–H and O–H groups in total. The van der Waals surface area contributed by atoms with Crippen LogP contribution in [-0.2, 0) is 20.7 Å². The first-order valence-electron chi connectivity index (χ1n) is 6.57. The van der Waals surface area contributed by atoms with Crippen molar-refractivity contribution in [1.29, 1.82) is 0 Å². The number of rotatable bonds is 2. The van der Waals surface area contributed by atoms with Crippen LogP contribution in [0.1, 0.15) is 32.8 Å². The Labute approximate surface area is 127 Å². The molecule has 0 radical (unpaired) electrons. The molecule has 0 saturated heterocycles. The predicted octanol–water partition coefficient (Wildman–Crippen LogP) is 3.07. The van der Waals surface area contributed by atoms with Crippen LogP contribution in [0.3, 0.4) is 0 Å². The van der Waals surface area contributed by atoms with E-state index in [0.29, 0.717) is 12.8 Å². The number of amides is 1. The Morgan fingerprint density at radius 1 is 1.35 bits per heavy atom. The first-order chi connectivity index (χ1) is 9.26. The molecule has 0 unspecified atom stereocenters. The molecule has 1 aliphatic rings. The summed E-state index contributed by atoms with van der Waals surface area (Å²) in [6.45, 7) is 5.40. The van der Waals surface area contributed by atoms with Gasteiger partial charge < -0.3 is 9.64 Å². The van der Waals surface area contributed by atoms with Gasteiger partial charge in [-0.3, -0.25) is 9.59 Å². The Morgan fingerprint density at radius 3 is 2.70 bits per heavy atom. The molecule has 1 aliphatic heterocycles. The zero-order valence-corrected chi connectivity index (χ0v) is 13.5. The molecule has 0 aliphatic carbocycles. The first kappa shape index (κ1) is 15.0. The van der Waals surface area contributed by atoms with Crippen LogP contribution in [0.15, 0.2) is 22.7 Å². The maximum absolute atomic E-state index is 12.0. The third kappa shape index (κ3) is 3.60. The molecule has 5 heteroatoms. The van der Waals surface area contributed by atoms with Crippen molar-refractivity contribution in [3.05, 3.63) is 28.2 Å². The Morgan fingerprint density at radius 2 is 2.05 bits per heavy atom. The number of benzene rings is 1. The molecular weight excluding hydrogens is 322 g/mol. The summed E-state index contributed by atoms with van der Waals surface area (Å²) < 4.78 is 6.26. The van der Waals surface area contributed by atoms with Crippen LogP contribution < -0.4 is 4.90 Å². The number of nitrogens with zero attached hydrogens (tertiary/aromatic N) is 1. The number of carbonyl (C=O) groups is 2. The number of aryl methyl sites for hydroxylation is 1. The monoisotopic (exact) mass is 339 g/mol. The van der Waals surface area contributed by atoms with Crippen molar-refractivity contribution in [2.24, 2.45) is 0 Å². The number of fused-ring (bicyclic) bond motifs is 1. The second-order valence-electron chi connectivity index (χ2n) is 5.84. The largest absolute Gasteiger partial charge is 0.459 e. The van der Waals surface area contributed by atoms with E-state index in [9.17, 15) is 9.59 Å². The summed E-state index contributed by atoms with van der Waals surface area (Å²) in [4.78, 5) is 25.5. The van der Waals surface area contributed by atoms with Crippen molar-refractivity contribution in [3.63, 3.8) is 0 Å². The van der Waals surface area contributed by atoms with Crippen LogP contribution >= 0.6 is 15.9 Å². The third-order valence-electron chi connectivity index (χ3n) is 2.95. The molecule has 1 amide bonds. The second-order valence-corrected chi connectivity index (χ2v) is 6.76. The molecule has 20 heavy (non-hydrogen) atoms. The van der Waals surface area contributed by atoms with Gasteiger partial charge in [-0.15, -0.1) is 0 Å². The lowest BCUT2D eigenvalue weighted by Gasteiger charge is -2.30. The van der Waals surface area contributed by atoms with Crippen molar-refractivity contribution in [3.8, 4) is 0 Å². The van der Waals surface area contributed by atoms with E-state index in [0.717, 1.165) is 15.7 Å². The quantitative estimate of drug-likeness (QED) is 0.778. The number of anilines is 1. The first-order valence-corrected chi connectivity index (χ1v) is 7.36. The molecule has 1 heterocycles. The summed E-state index contributed by atoms with van der Waals surface area (Å²) in [6, 6.07) is 5.73. The number of ether oxygens (including phenoxy) is 1. The summed E-state index contributed by atoms with van der Waals surface area (Å²) in [5.41, 5.74) is 1.33. The second kappa shape index (κ2) is 5.56. The molecule has 2 rings (SSSR count). The molecule has 1 aromatic carbocycles. The molecule has 0 bridgehead atoms. The molecular formula is C15H18BrNO3. The fourth-order valence-corrected chi connectivity index (χ4v) is 2.61. The molecule has 1 aromatic rings. The van der Waals surface area contributed by atoms with Gasteiger partial charge in [-0.2, -0.15) is 0 Å². The van der Waals surface area contributed by atoms with Crippen molar-refractivity contribution >= 4 is 33.5 Å². The maximum Gasteiger partial charge on any atom is 0.326 e. The zero-order valence-electron chi connectivity index (χ0n) is 11.9. The number of esters is 1. The Bertz CT molecular complexity index is 549. The van der Waals surface area contributed by atoms with Crippen molar-refractivity contribution in [1.82, 2.24) is 0 Å². The van der Waals surface area contributed by atoms with Crippen molar-refractivity contribution in [2.45, 2.75) is 39.2 Å². The standard InChI is InChI=1S/C15H18BrNO3/c1-15(2,3)20-14(19)9-17-12-6-5-11(16)8-10(12)4-7-13(17)18/h5-6,8H,4,7,9H2,1-3H3. The van der Waals surface area contributed by atoms with Gasteiger partial charge in [0.2, 0.25) is 5.91 Å². The van der Waals surface area contributed by atoms with E-state index in [2.05, 4.69) is 15.9 Å². The Hall–Kier alpha value is -1.36. The minimum absolute atomic E-state index is 0.0364. The molecule has 4 nitrogen and oxygen atoms in total. The molecule has 108 valence electrons. The molecule has 0 atom stereocenters. The van der Waals surface area contributed by atoms with Gasteiger partial charge >= 0.3 is 5.97 Å². The lowest BCUT2D eigenvalue weighted by molar-refractivity contribution is -0.153. The van der Waals surface area contributed by atoms with Gasteiger partial charge in [0.1, 0.15) is 12.1 Å². The number of hydrogen-bond donors (Lipinski definition) is 0. The normalized spacial score (nSPS) is 15.0. The van der Waals surface area contributed by atoms with Crippen LogP contribution in [0.2, 0.25) is 0 Å². The van der Waals surface area contributed by atoms with Crippen molar-refractivity contribution < 1.29 is 14.3 Å². The van der Waals surface area contributed by atoms with Gasteiger partial charge in [0.25, 0.3) is 0 Å². The van der Waals surface area contributed by atoms with Crippen LogP contribution in [0.25, 0.3) is 0 Å². The van der Waals surface area contributed by atoms with E-state index >= 15 is 0 Å². The van der Waals surface area contributed by atoms with E-state index < -0.39 is 5.60 Å². The molecule has 0 fully saturated rings. The molecule has 0 aromatic heterocycles. The van der Waals surface area contributed by atoms with Gasteiger partial charge in [0.15, 0.2) is 0 Å². The van der Waals surface area contributed by atoms with Gasteiger partial charge in [-0.05, 0) is 51.0 Å². The van der Waals surface area contributed by atoms with Gasteiger partial charge in [-0.1, -0.05) is 15.9 Å². The SMILES string of the molecule is CC(C)(C)OC(=O)CN1C(=O)CCc2cc(Br)ccc21. The molecule has 0 spiro atoms. The summed E-state index contributed by atoms with van der Waals surface area (Å²) in [5.74, 6) is -0.424. The fourth-order valence-electron chi connectivity index (χ4n) is 2.20. The highest BCUT2D eigenvalue weighted by molar-refractivity contribution is 9.10. The van der Waals surface area contributed by atoms with Gasteiger partial charge in [-0.25, -0.2) is 0 Å². The lowest BCUT2D eigenvalue weighted by Crippen LogP contribution is -2.41. The summed E-state index contributed by atoms with van der Waals surface area (Å²) in [5, 5.41) is 0. The minimum atomic E-state index is -0.543. The van der Waals surface area contributed by atoms with E-state index in [1.807, 2.05) is 39.0 Å². The number of hydrogen-bond acceptors (Lipinski definition) is 3. The van der Waals surface area contributed by atoms with Crippen LogP contribution in [-0.4, -0.2) is 24.0 Å². The number of carbonyl (C=O) groups excluding carboxylic acids is 2. The topological polar surface area (TPSA) is 46.6 Å². The zero-order chi connectivity index (χ0) is 14.9. The Kier molecular flexibility index (Phi) is 4.18. The fraction of sp³-hybridized carbons (Fsp3) is 0.467. The maximum atomic E-state index is 12.0. The van der Waals surface area contributed by atoms with Crippen LogP contribution in [0.5, 0.6) is 0 Å². The smallest absolute Gasteiger partial charge is 0.326 e. The summed E-state index contributed by atoms with van der Waals surface area (Å²) in [7, 11) is 0. The van der Waals surface area contributed by atoms with E-state index in [4.69, 9.17) is 4.74 Å².